The summed E-state index contributed by atoms with van der Waals surface area (Å²) in [6.07, 6.45) is 6.50. The molecule has 0 bridgehead atoms. The van der Waals surface area contributed by atoms with Crippen LogP contribution in [0.5, 0.6) is 0 Å². The molecule has 1 unspecified atom stereocenters. The maximum atomic E-state index is 12.7. The van der Waals surface area contributed by atoms with Gasteiger partial charge in [0.15, 0.2) is 0 Å². The summed E-state index contributed by atoms with van der Waals surface area (Å²) in [5, 5.41) is 8.32. The Morgan fingerprint density at radius 3 is 2.78 bits per heavy atom. The van der Waals surface area contributed by atoms with E-state index in [1.54, 1.807) is 6.07 Å². The van der Waals surface area contributed by atoms with Crippen molar-refractivity contribution in [2.45, 2.75) is 44.8 Å². The number of carbonyl (C=O) groups excluding carboxylic acids is 1. The fourth-order valence-electron chi connectivity index (χ4n) is 4.42. The van der Waals surface area contributed by atoms with E-state index in [1.165, 1.54) is 22.2 Å². The van der Waals surface area contributed by atoms with Crippen molar-refractivity contribution in [3.8, 4) is 0 Å². The van der Waals surface area contributed by atoms with Crippen LogP contribution in [0.15, 0.2) is 71.9 Å². The van der Waals surface area contributed by atoms with E-state index in [0.29, 0.717) is 17.4 Å². The largest absolute Gasteiger partial charge is 0.349 e. The number of nitrogens with zero attached hydrogens (tertiary/aromatic N) is 4. The van der Waals surface area contributed by atoms with E-state index in [9.17, 15) is 9.59 Å². The number of hydrogen-bond acceptors (Lipinski definition) is 4. The minimum absolute atomic E-state index is 0.0396. The maximum Gasteiger partial charge on any atom is 0.261 e. The van der Waals surface area contributed by atoms with Crippen molar-refractivity contribution in [3.63, 3.8) is 0 Å². The molecule has 2 heterocycles. The zero-order valence-electron chi connectivity index (χ0n) is 17.8. The van der Waals surface area contributed by atoms with Crippen molar-refractivity contribution in [2.75, 3.05) is 0 Å². The van der Waals surface area contributed by atoms with Crippen molar-refractivity contribution in [1.29, 1.82) is 0 Å². The second-order valence-corrected chi connectivity index (χ2v) is 8.21. The van der Waals surface area contributed by atoms with Crippen LogP contribution in [-0.2, 0) is 24.3 Å². The Balaban J connectivity index is 1.25. The average Bonchev–Trinajstić information content (AvgIpc) is 3.23. The molecule has 1 aliphatic rings. The molecule has 1 amide bonds. The van der Waals surface area contributed by atoms with Crippen molar-refractivity contribution in [2.24, 2.45) is 0 Å². The van der Waals surface area contributed by atoms with Crippen LogP contribution in [0.3, 0.4) is 0 Å². The number of rotatable bonds is 6. The molecule has 0 aliphatic heterocycles. The van der Waals surface area contributed by atoms with Gasteiger partial charge in [0.1, 0.15) is 0 Å². The Labute approximate surface area is 185 Å². The van der Waals surface area contributed by atoms with Gasteiger partial charge in [-0.05, 0) is 37.0 Å². The first kappa shape index (κ1) is 20.2. The van der Waals surface area contributed by atoms with Crippen LogP contribution in [0.4, 0.5) is 0 Å². The Morgan fingerprint density at radius 2 is 1.91 bits per heavy atom. The highest BCUT2D eigenvalue weighted by Crippen LogP contribution is 2.30. The minimum Gasteiger partial charge on any atom is -0.349 e. The molecule has 1 aliphatic carbocycles. The predicted octanol–water partition coefficient (Wildman–Crippen LogP) is 3.23. The van der Waals surface area contributed by atoms with E-state index in [0.717, 1.165) is 31.4 Å². The van der Waals surface area contributed by atoms with Crippen LogP contribution < -0.4 is 10.9 Å². The average molecular weight is 428 g/mol. The van der Waals surface area contributed by atoms with E-state index >= 15 is 0 Å². The first-order valence-corrected chi connectivity index (χ1v) is 11.0. The maximum absolute atomic E-state index is 12.7. The Kier molecular flexibility index (Phi) is 5.54. The zero-order chi connectivity index (χ0) is 21.9. The van der Waals surface area contributed by atoms with Gasteiger partial charge in [-0.3, -0.25) is 18.8 Å². The molecule has 2 aromatic heterocycles. The van der Waals surface area contributed by atoms with E-state index in [-0.39, 0.29) is 23.9 Å². The van der Waals surface area contributed by atoms with Crippen LogP contribution in [0.1, 0.15) is 42.1 Å². The van der Waals surface area contributed by atoms with Crippen LogP contribution in [0.25, 0.3) is 10.9 Å². The lowest BCUT2D eigenvalue weighted by atomic mass is 9.92. The molecule has 0 saturated heterocycles. The Bertz CT molecular complexity index is 1310. The predicted molar refractivity (Wildman–Crippen MR) is 122 cm³/mol. The third-order valence-corrected chi connectivity index (χ3v) is 6.08. The van der Waals surface area contributed by atoms with Gasteiger partial charge in [0.05, 0.1) is 36.0 Å². The number of carbonyl (C=O) groups is 1. The van der Waals surface area contributed by atoms with E-state index in [1.807, 2.05) is 47.3 Å². The van der Waals surface area contributed by atoms with Gasteiger partial charge in [-0.15, -0.1) is 0 Å². The SMILES string of the molecule is O=C(CCn1cnc2ccccc2c1=O)NC1CCCc2c1cnn2Cc1ccccc1. The van der Waals surface area contributed by atoms with Gasteiger partial charge in [0.2, 0.25) is 5.91 Å². The third kappa shape index (κ3) is 4.06. The van der Waals surface area contributed by atoms with Gasteiger partial charge in [0.25, 0.3) is 5.56 Å². The lowest BCUT2D eigenvalue weighted by Crippen LogP contribution is -2.32. The highest BCUT2D eigenvalue weighted by molar-refractivity contribution is 5.77. The molecule has 0 fully saturated rings. The summed E-state index contributed by atoms with van der Waals surface area (Å²) in [4.78, 5) is 29.6. The quantitative estimate of drug-likeness (QED) is 0.512. The Hall–Kier alpha value is -3.74. The molecule has 7 heteroatoms. The molecule has 1 N–H and O–H groups in total. The molecule has 4 aromatic rings. The second kappa shape index (κ2) is 8.78. The molecular formula is C25H25N5O2. The molecule has 0 spiro atoms. The molecule has 162 valence electrons. The van der Waals surface area contributed by atoms with Crippen LogP contribution in [-0.4, -0.2) is 25.2 Å². The molecular weight excluding hydrogens is 402 g/mol. The summed E-state index contributed by atoms with van der Waals surface area (Å²) in [7, 11) is 0. The van der Waals surface area contributed by atoms with Crippen molar-refractivity contribution >= 4 is 16.8 Å². The van der Waals surface area contributed by atoms with Crippen LogP contribution in [0, 0.1) is 0 Å². The second-order valence-electron chi connectivity index (χ2n) is 8.21. The molecule has 32 heavy (non-hydrogen) atoms. The lowest BCUT2D eigenvalue weighted by Gasteiger charge is -2.24. The normalized spacial score (nSPS) is 15.4. The summed E-state index contributed by atoms with van der Waals surface area (Å²) < 4.78 is 3.55. The summed E-state index contributed by atoms with van der Waals surface area (Å²) in [6, 6.07) is 17.5. The Morgan fingerprint density at radius 1 is 1.09 bits per heavy atom. The highest BCUT2D eigenvalue weighted by atomic mass is 16.2. The molecule has 5 rings (SSSR count). The number of nitrogens with one attached hydrogen (secondary N) is 1. The first-order chi connectivity index (χ1) is 15.7. The van der Waals surface area contributed by atoms with Gasteiger partial charge in [-0.25, -0.2) is 4.98 Å². The lowest BCUT2D eigenvalue weighted by molar-refractivity contribution is -0.122. The number of aryl methyl sites for hydroxylation is 1. The smallest absolute Gasteiger partial charge is 0.261 e. The molecule has 2 aromatic carbocycles. The van der Waals surface area contributed by atoms with Crippen molar-refractivity contribution in [3.05, 3.63) is 94.3 Å². The van der Waals surface area contributed by atoms with Crippen molar-refractivity contribution in [1.82, 2.24) is 24.6 Å². The number of hydrogen-bond donors (Lipinski definition) is 1. The van der Waals surface area contributed by atoms with Gasteiger partial charge < -0.3 is 5.32 Å². The highest BCUT2D eigenvalue weighted by Gasteiger charge is 2.25. The monoisotopic (exact) mass is 427 g/mol. The number of para-hydroxylation sites is 1. The van der Waals surface area contributed by atoms with Gasteiger partial charge in [-0.2, -0.15) is 5.10 Å². The van der Waals surface area contributed by atoms with Gasteiger partial charge >= 0.3 is 0 Å². The summed E-state index contributed by atoms with van der Waals surface area (Å²) in [5.41, 5.74) is 4.05. The summed E-state index contributed by atoms with van der Waals surface area (Å²) in [6.45, 7) is 1.03. The molecule has 7 nitrogen and oxygen atoms in total. The molecule has 1 atom stereocenters. The summed E-state index contributed by atoms with van der Waals surface area (Å²) in [5.74, 6) is -0.0706. The van der Waals surface area contributed by atoms with E-state index < -0.39 is 0 Å². The number of benzene rings is 2. The fourth-order valence-corrected chi connectivity index (χ4v) is 4.42. The first-order valence-electron chi connectivity index (χ1n) is 11.0. The van der Waals surface area contributed by atoms with Crippen molar-refractivity contribution < 1.29 is 4.79 Å². The van der Waals surface area contributed by atoms with Crippen LogP contribution >= 0.6 is 0 Å². The number of aromatic nitrogens is 4. The number of amides is 1. The standard InChI is InChI=1S/C25H25N5O2/c31-24(13-14-29-17-26-21-10-5-4-9-19(21)25(29)32)28-22-11-6-12-23-20(22)15-27-30(23)16-18-7-2-1-3-8-18/h1-5,7-10,15,17,22H,6,11-14,16H2,(H,28,31). The van der Waals surface area contributed by atoms with Gasteiger partial charge in [-0.1, -0.05) is 42.5 Å². The fraction of sp³-hybridized carbons (Fsp3) is 0.280. The van der Waals surface area contributed by atoms with E-state index in [4.69, 9.17) is 0 Å². The third-order valence-electron chi connectivity index (χ3n) is 6.08. The summed E-state index contributed by atoms with van der Waals surface area (Å²) >= 11 is 0. The molecule has 0 saturated carbocycles. The zero-order valence-corrected chi connectivity index (χ0v) is 17.8. The van der Waals surface area contributed by atoms with Crippen LogP contribution in [0.2, 0.25) is 0 Å². The number of fused-ring (bicyclic) bond motifs is 2. The minimum atomic E-state index is -0.120. The van der Waals surface area contributed by atoms with Gasteiger partial charge in [0, 0.05) is 24.2 Å². The van der Waals surface area contributed by atoms with E-state index in [2.05, 4.69) is 27.5 Å². The molecule has 0 radical (unpaired) electrons. The topological polar surface area (TPSA) is 81.8 Å².